The number of likely N-dealkylation sites (N-methyl/N-ethyl adjacent to an activating group) is 6. The third-order valence-electron chi connectivity index (χ3n) is 18.5. The van der Waals surface area contributed by atoms with Gasteiger partial charge in [0.1, 0.15) is 41.8 Å². The van der Waals surface area contributed by atoms with E-state index in [1.54, 1.807) is 27.7 Å². The highest BCUT2D eigenvalue weighted by Crippen LogP contribution is 2.43. The normalized spacial score (nSPS) is 29.5. The van der Waals surface area contributed by atoms with Crippen LogP contribution in [-0.4, -0.2) is 227 Å². The lowest BCUT2D eigenvalue weighted by atomic mass is 9.78. The average Bonchev–Trinajstić information content (AvgIpc) is 3.74. The van der Waals surface area contributed by atoms with Crippen molar-refractivity contribution in [3.63, 3.8) is 0 Å². The van der Waals surface area contributed by atoms with E-state index in [1.807, 2.05) is 20.8 Å². The lowest BCUT2D eigenvalue weighted by Gasteiger charge is -2.38. The number of halogens is 4. The molecule has 2 saturated carbocycles. The van der Waals surface area contributed by atoms with Crippen molar-refractivity contribution in [2.45, 2.75) is 224 Å². The van der Waals surface area contributed by atoms with Gasteiger partial charge in [0.25, 0.3) is 0 Å². The molecule has 0 aromatic rings. The summed E-state index contributed by atoms with van der Waals surface area (Å²) in [6.45, 7) is 13.9. The van der Waals surface area contributed by atoms with Crippen molar-refractivity contribution < 1.29 is 65.9 Å². The predicted molar refractivity (Wildman–Crippen MR) is 326 cm³/mol. The van der Waals surface area contributed by atoms with E-state index in [0.717, 1.165) is 46.8 Å². The van der Waals surface area contributed by atoms with E-state index in [2.05, 4.69) is 21.3 Å². The molecule has 4 fully saturated rings. The maximum Gasteiger partial charge on any atom is 0.393 e. The number of hydrogen-bond acceptors (Lipinski definition) is 11. The van der Waals surface area contributed by atoms with Gasteiger partial charge in [0, 0.05) is 66.7 Å². The van der Waals surface area contributed by atoms with Gasteiger partial charge < -0.3 is 55.6 Å². The van der Waals surface area contributed by atoms with Crippen molar-refractivity contribution >= 4 is 76.6 Å². The Kier molecular flexibility index (Phi) is 27.9. The van der Waals surface area contributed by atoms with Gasteiger partial charge in [-0.1, -0.05) is 80.1 Å². The molecule has 2 aliphatic heterocycles. The first-order chi connectivity index (χ1) is 40.9. The van der Waals surface area contributed by atoms with Gasteiger partial charge in [0.2, 0.25) is 65.0 Å². The summed E-state index contributed by atoms with van der Waals surface area (Å²) in [6.07, 6.45) is 1.18. The Hall–Kier alpha value is -5.75. The van der Waals surface area contributed by atoms with Crippen LogP contribution in [0.1, 0.15) is 165 Å². The molecule has 88 heavy (non-hydrogen) atoms. The molecule has 22 nitrogen and oxygen atoms in total. The number of amides is 11. The van der Waals surface area contributed by atoms with Gasteiger partial charge in [-0.25, -0.2) is 0 Å². The van der Waals surface area contributed by atoms with Crippen LogP contribution in [0, 0.1) is 35.5 Å². The minimum absolute atomic E-state index is 0.00763. The Balaban J connectivity index is 1.76. The van der Waals surface area contributed by atoms with E-state index in [-0.39, 0.29) is 82.1 Å². The monoisotopic (exact) mass is 1270 g/mol. The molecule has 11 amide bonds. The fourth-order valence-corrected chi connectivity index (χ4v) is 13.4. The number of carbonyl (C=O) groups excluding carboxylic acids is 11. The second kappa shape index (κ2) is 32.8. The molecular weight excluding hydrogens is 1170 g/mol. The molecule has 0 spiro atoms. The molecule has 4 aliphatic rings. The number of nitrogens with one attached hydrogen (secondary N) is 4. The summed E-state index contributed by atoms with van der Waals surface area (Å²) in [4.78, 5) is 166. The van der Waals surface area contributed by atoms with E-state index < -0.39 is 162 Å². The minimum atomic E-state index is -4.49. The highest BCUT2D eigenvalue weighted by Gasteiger charge is 2.48. The molecule has 26 heteroatoms. The summed E-state index contributed by atoms with van der Waals surface area (Å²) in [5, 5.41) is 10.1. The zero-order valence-corrected chi connectivity index (χ0v) is 55.6. The number of alkyl halides is 4. The molecule has 0 bridgehead atoms. The van der Waals surface area contributed by atoms with Crippen LogP contribution in [0.4, 0.5) is 13.2 Å². The zero-order chi connectivity index (χ0) is 66.4. The summed E-state index contributed by atoms with van der Waals surface area (Å²) in [5.41, 5.74) is -1.67. The molecule has 3 unspecified atom stereocenters. The van der Waals surface area contributed by atoms with Crippen molar-refractivity contribution in [1.82, 2.24) is 55.6 Å². The third kappa shape index (κ3) is 20.4. The Morgan fingerprint density at radius 2 is 1.23 bits per heavy atom. The van der Waals surface area contributed by atoms with Crippen molar-refractivity contribution in [3.05, 3.63) is 0 Å². The van der Waals surface area contributed by atoms with Gasteiger partial charge in [0.05, 0.1) is 25.6 Å². The van der Waals surface area contributed by atoms with E-state index in [0.29, 0.717) is 12.8 Å². The smallest absolute Gasteiger partial charge is 0.351 e. The van der Waals surface area contributed by atoms with Crippen molar-refractivity contribution in [1.29, 1.82) is 0 Å². The largest absolute Gasteiger partial charge is 0.393 e. The van der Waals surface area contributed by atoms with E-state index in [9.17, 15) is 65.9 Å². The Labute approximate surface area is 524 Å². The van der Waals surface area contributed by atoms with Crippen molar-refractivity contribution in [2.75, 3.05) is 68.5 Å². The van der Waals surface area contributed by atoms with Crippen LogP contribution in [0.3, 0.4) is 0 Å². The molecule has 2 saturated heterocycles. The molecule has 2 heterocycles. The van der Waals surface area contributed by atoms with Crippen molar-refractivity contribution in [3.8, 4) is 0 Å². The van der Waals surface area contributed by atoms with E-state index in [4.69, 9.17) is 11.6 Å². The number of rotatable bonds is 10. The Bertz CT molecular complexity index is 2480. The summed E-state index contributed by atoms with van der Waals surface area (Å²) >= 11 is 6.33. The van der Waals surface area contributed by atoms with Crippen LogP contribution in [-0.2, 0) is 52.7 Å². The SMILES string of the molecule is CC[C@H](C)[C@@H]1NC(=O)[C@H](CC(C)C)N(C)C(=O)C[C@@H](C)NC(=O)[C@H](C(C)C)N(C)C(=O)C(C)(C)NC(=O)[C@@H]2CCCN2C(=O)[C@H](CCC2CCC(C(F)(F)F)C(Cl)C2)NC(=O)CN(C)C(=O)[C@H](CC2CCCCC2)N(C)C(=O)CN(C)C(=O)CN(C)C1=O. The van der Waals surface area contributed by atoms with E-state index in [1.165, 1.54) is 75.7 Å². The molecule has 500 valence electrons. The first kappa shape index (κ1) is 74.7. The van der Waals surface area contributed by atoms with Gasteiger partial charge in [0.15, 0.2) is 0 Å². The molecular formula is C62H103ClF3N11O11. The summed E-state index contributed by atoms with van der Waals surface area (Å²) < 4.78 is 41.5. The summed E-state index contributed by atoms with van der Waals surface area (Å²) in [7, 11) is 8.51. The van der Waals surface area contributed by atoms with Gasteiger partial charge in [-0.15, -0.1) is 11.6 Å². The van der Waals surface area contributed by atoms with Crippen LogP contribution in [0.15, 0.2) is 0 Å². The highest BCUT2D eigenvalue weighted by molar-refractivity contribution is 6.20. The lowest BCUT2D eigenvalue weighted by molar-refractivity contribution is -0.182. The summed E-state index contributed by atoms with van der Waals surface area (Å²) in [5.74, 6) is -9.94. The van der Waals surface area contributed by atoms with E-state index >= 15 is 0 Å². The third-order valence-corrected chi connectivity index (χ3v) is 19.0. The standard InChI is InChI=1S/C62H103ClF3N11O11/c1-16-38(6)52-59(87)73(12)34-50(80)71(10)35-51(81)75(14)47(32-40-21-18-17-19-22-40)58(86)72(11)33-48(78)68-44(27-25-41-24-26-42(43(63)31-41)62(64,65)66)57(85)77-28-20-23-45(77)55(83)70-61(8,9)60(88)76(15)53(37(4)5)56(84)67-39(7)30-49(79)74(13)46(29-36(2)3)54(82)69-52/h36-47,52-53H,16-35H2,1-15H3,(H,67,84)(H,68,78)(H,69,82)(H,70,83)/t38-,39+,41?,42?,43?,44-,45-,46-,47-,52-,53-/m0/s1. The fraction of sp³-hybridized carbons (Fsp3) is 0.823. The lowest BCUT2D eigenvalue weighted by Crippen LogP contribution is -2.63. The fourth-order valence-electron chi connectivity index (χ4n) is 12.9. The molecule has 4 N–H and O–H groups in total. The van der Waals surface area contributed by atoms with Crippen LogP contribution in [0.2, 0.25) is 0 Å². The number of nitrogens with zero attached hydrogens (tertiary/aromatic N) is 7. The maximum atomic E-state index is 14.9. The number of carbonyl (C=O) groups is 11. The van der Waals surface area contributed by atoms with Crippen LogP contribution < -0.4 is 21.3 Å². The minimum Gasteiger partial charge on any atom is -0.351 e. The Morgan fingerprint density at radius 3 is 1.81 bits per heavy atom. The van der Waals surface area contributed by atoms with Crippen molar-refractivity contribution in [2.24, 2.45) is 35.5 Å². The van der Waals surface area contributed by atoms with Gasteiger partial charge >= 0.3 is 6.18 Å². The molecule has 0 aromatic carbocycles. The molecule has 0 aromatic heterocycles. The first-order valence-corrected chi connectivity index (χ1v) is 32.1. The van der Waals surface area contributed by atoms with Gasteiger partial charge in [-0.05, 0) is 108 Å². The highest BCUT2D eigenvalue weighted by atomic mass is 35.5. The van der Waals surface area contributed by atoms with Crippen LogP contribution in [0.5, 0.6) is 0 Å². The number of hydrogen-bond donors (Lipinski definition) is 4. The molecule has 0 radical (unpaired) electrons. The first-order valence-electron chi connectivity index (χ1n) is 31.7. The molecule has 2 aliphatic carbocycles. The molecule has 11 atom stereocenters. The molecule has 4 rings (SSSR count). The maximum absolute atomic E-state index is 14.9. The second-order valence-corrected chi connectivity index (χ2v) is 27.5. The van der Waals surface area contributed by atoms with Crippen LogP contribution in [0.25, 0.3) is 0 Å². The average molecular weight is 1270 g/mol. The van der Waals surface area contributed by atoms with Crippen LogP contribution >= 0.6 is 11.6 Å². The van der Waals surface area contributed by atoms with Gasteiger partial charge in [-0.3, -0.25) is 52.7 Å². The summed E-state index contributed by atoms with van der Waals surface area (Å²) in [6, 6.07) is -7.67. The zero-order valence-electron chi connectivity index (χ0n) is 54.9. The predicted octanol–water partition coefficient (Wildman–Crippen LogP) is 4.69. The number of fused-ring (bicyclic) bond motifs is 1. The Morgan fingerprint density at radius 1 is 0.625 bits per heavy atom. The second-order valence-electron chi connectivity index (χ2n) is 27.0. The topological polar surface area (TPSA) is 259 Å². The quantitative estimate of drug-likeness (QED) is 0.218. The van der Waals surface area contributed by atoms with Gasteiger partial charge in [-0.2, -0.15) is 13.2 Å².